The molecule has 0 spiro atoms. The summed E-state index contributed by atoms with van der Waals surface area (Å²) in [6.45, 7) is 0. The summed E-state index contributed by atoms with van der Waals surface area (Å²) in [6, 6.07) is 19.9. The Morgan fingerprint density at radius 1 is 0.696 bits per heavy atom. The maximum atomic E-state index is 5.33. The second kappa shape index (κ2) is 10.1. The van der Waals surface area contributed by atoms with Crippen molar-refractivity contribution in [2.45, 2.75) is 0 Å². The number of benzene rings is 2. The Bertz CT molecular complexity index is 649. The van der Waals surface area contributed by atoms with E-state index in [4.69, 9.17) is 11.5 Å². The summed E-state index contributed by atoms with van der Waals surface area (Å²) in [5, 5.41) is 7.74. The molecule has 0 aliphatic carbocycles. The zero-order chi connectivity index (χ0) is 15.6. The van der Waals surface area contributed by atoms with Crippen LogP contribution in [0.25, 0.3) is 12.2 Å². The molecule has 0 atom stereocenters. The minimum Gasteiger partial charge on any atom is -0.369 e. The molecular formula is C18H19BrN4. The molecule has 23 heavy (non-hydrogen) atoms. The first-order valence-electron chi connectivity index (χ1n) is 6.87. The molecular weight excluding hydrogens is 352 g/mol. The monoisotopic (exact) mass is 370 g/mol. The second-order valence-corrected chi connectivity index (χ2v) is 4.54. The molecule has 0 saturated carbocycles. The largest absolute Gasteiger partial charge is 0.369 e. The summed E-state index contributed by atoms with van der Waals surface area (Å²) in [7, 11) is 0. The lowest BCUT2D eigenvalue weighted by molar-refractivity contribution is 1.21. The first kappa shape index (κ1) is 18.4. The number of halogens is 1. The minimum absolute atomic E-state index is 0. The van der Waals surface area contributed by atoms with Gasteiger partial charge in [-0.15, -0.1) is 27.2 Å². The number of hydrogen-bond donors (Lipinski definition) is 2. The lowest BCUT2D eigenvalue weighted by Crippen LogP contribution is -2.22. The van der Waals surface area contributed by atoms with Crippen molar-refractivity contribution in [2.24, 2.45) is 21.7 Å². The average molecular weight is 371 g/mol. The van der Waals surface area contributed by atoms with Crippen LogP contribution in [-0.4, -0.2) is 11.7 Å². The maximum absolute atomic E-state index is 5.33. The van der Waals surface area contributed by atoms with Gasteiger partial charge < -0.3 is 11.5 Å². The summed E-state index contributed by atoms with van der Waals surface area (Å²) >= 11 is 0. The normalized spacial score (nSPS) is 10.3. The summed E-state index contributed by atoms with van der Waals surface area (Å²) in [4.78, 5) is 0. The highest BCUT2D eigenvalue weighted by molar-refractivity contribution is 8.93. The van der Waals surface area contributed by atoms with Crippen molar-refractivity contribution in [3.63, 3.8) is 0 Å². The van der Waals surface area contributed by atoms with E-state index in [-0.39, 0.29) is 22.9 Å². The van der Waals surface area contributed by atoms with Crippen molar-refractivity contribution in [3.05, 3.63) is 83.9 Å². The molecule has 0 radical (unpaired) electrons. The molecule has 0 saturated heterocycles. The number of hydrogen-bond acceptors (Lipinski definition) is 2. The Labute approximate surface area is 146 Å². The molecule has 2 aromatic carbocycles. The van der Waals surface area contributed by atoms with Gasteiger partial charge in [-0.3, -0.25) is 0 Å². The lowest BCUT2D eigenvalue weighted by atomic mass is 10.1. The van der Waals surface area contributed by atoms with Gasteiger partial charge in [0.2, 0.25) is 5.96 Å². The van der Waals surface area contributed by atoms with Gasteiger partial charge >= 0.3 is 0 Å². The van der Waals surface area contributed by atoms with E-state index in [1.165, 1.54) is 0 Å². The van der Waals surface area contributed by atoms with Crippen LogP contribution < -0.4 is 11.5 Å². The van der Waals surface area contributed by atoms with E-state index in [2.05, 4.69) is 10.2 Å². The Morgan fingerprint density at radius 3 is 1.52 bits per heavy atom. The van der Waals surface area contributed by atoms with Crippen LogP contribution in [0.3, 0.4) is 0 Å². The lowest BCUT2D eigenvalue weighted by Gasteiger charge is -1.95. The molecule has 118 valence electrons. The molecule has 0 fully saturated rings. The molecule has 0 bridgehead atoms. The third-order valence-corrected chi connectivity index (χ3v) is 2.77. The highest BCUT2D eigenvalue weighted by Crippen LogP contribution is 2.04. The van der Waals surface area contributed by atoms with Crippen LogP contribution in [0.5, 0.6) is 0 Å². The standard InChI is InChI=1S/C18H18N4.BrH/c19-18(20)22-21-17(13-11-15-7-3-1-4-8-15)14-12-16-9-5-2-6-10-16;/h1-14H,(H4,19,20,22);1H/b13-11+,14-12+;. The van der Waals surface area contributed by atoms with Crippen molar-refractivity contribution in [1.82, 2.24) is 0 Å². The molecule has 0 heterocycles. The molecule has 0 aliphatic heterocycles. The predicted molar refractivity (Wildman–Crippen MR) is 105 cm³/mol. The van der Waals surface area contributed by atoms with Crippen LogP contribution in [0.15, 0.2) is 83.0 Å². The van der Waals surface area contributed by atoms with E-state index >= 15 is 0 Å². The van der Waals surface area contributed by atoms with Crippen molar-refractivity contribution in [2.75, 3.05) is 0 Å². The van der Waals surface area contributed by atoms with E-state index in [0.29, 0.717) is 5.71 Å². The highest BCUT2D eigenvalue weighted by Gasteiger charge is 1.91. The fraction of sp³-hybridized carbons (Fsp3) is 0. The van der Waals surface area contributed by atoms with Gasteiger partial charge in [0.25, 0.3) is 0 Å². The van der Waals surface area contributed by atoms with Crippen LogP contribution in [-0.2, 0) is 0 Å². The van der Waals surface area contributed by atoms with Crippen LogP contribution >= 0.6 is 17.0 Å². The quantitative estimate of drug-likeness (QED) is 0.478. The van der Waals surface area contributed by atoms with Gasteiger partial charge in [0.05, 0.1) is 5.71 Å². The Kier molecular flexibility index (Phi) is 8.10. The van der Waals surface area contributed by atoms with E-state index in [9.17, 15) is 0 Å². The van der Waals surface area contributed by atoms with Crippen LogP contribution in [0.4, 0.5) is 0 Å². The average Bonchev–Trinajstić information content (AvgIpc) is 2.56. The van der Waals surface area contributed by atoms with E-state index in [1.807, 2.05) is 85.0 Å². The third-order valence-electron chi connectivity index (χ3n) is 2.77. The summed E-state index contributed by atoms with van der Waals surface area (Å²) in [5.74, 6) is -0.0706. The van der Waals surface area contributed by atoms with Gasteiger partial charge in [-0.05, 0) is 23.3 Å². The van der Waals surface area contributed by atoms with Gasteiger partial charge in [-0.2, -0.15) is 0 Å². The fourth-order valence-electron chi connectivity index (χ4n) is 1.73. The van der Waals surface area contributed by atoms with Gasteiger partial charge in [-0.1, -0.05) is 72.8 Å². The zero-order valence-electron chi connectivity index (χ0n) is 12.5. The maximum Gasteiger partial charge on any atom is 0.211 e. The van der Waals surface area contributed by atoms with E-state index < -0.39 is 0 Å². The van der Waals surface area contributed by atoms with Gasteiger partial charge in [0.1, 0.15) is 0 Å². The van der Waals surface area contributed by atoms with Crippen LogP contribution in [0, 0.1) is 0 Å². The van der Waals surface area contributed by atoms with Crippen molar-refractivity contribution < 1.29 is 0 Å². The molecule has 0 aromatic heterocycles. The summed E-state index contributed by atoms with van der Waals surface area (Å²) < 4.78 is 0. The third kappa shape index (κ3) is 7.24. The minimum atomic E-state index is -0.0706. The first-order valence-corrected chi connectivity index (χ1v) is 6.87. The van der Waals surface area contributed by atoms with Gasteiger partial charge in [0.15, 0.2) is 0 Å². The highest BCUT2D eigenvalue weighted by atomic mass is 79.9. The Hall–Kier alpha value is -2.66. The van der Waals surface area contributed by atoms with Crippen molar-refractivity contribution in [1.29, 1.82) is 0 Å². The molecule has 0 unspecified atom stereocenters. The Balaban J connectivity index is 0.00000264. The molecule has 4 nitrogen and oxygen atoms in total. The van der Waals surface area contributed by atoms with Crippen LogP contribution in [0.1, 0.15) is 11.1 Å². The summed E-state index contributed by atoms with van der Waals surface area (Å²) in [6.07, 6.45) is 7.63. The molecule has 0 aliphatic rings. The molecule has 4 N–H and O–H groups in total. The molecule has 5 heteroatoms. The molecule has 2 aromatic rings. The topological polar surface area (TPSA) is 76.8 Å². The smallest absolute Gasteiger partial charge is 0.211 e. The Morgan fingerprint density at radius 2 is 1.13 bits per heavy atom. The SMILES string of the molecule is Br.NC(N)=NN=C(/C=C/c1ccccc1)/C=C/c1ccccc1. The second-order valence-electron chi connectivity index (χ2n) is 4.54. The van der Waals surface area contributed by atoms with Gasteiger partial charge in [-0.25, -0.2) is 0 Å². The number of nitrogens with zero attached hydrogens (tertiary/aromatic N) is 2. The number of rotatable bonds is 5. The van der Waals surface area contributed by atoms with Crippen LogP contribution in [0.2, 0.25) is 0 Å². The fourth-order valence-corrected chi connectivity index (χ4v) is 1.73. The van der Waals surface area contributed by atoms with E-state index in [0.717, 1.165) is 11.1 Å². The number of guanidine groups is 1. The van der Waals surface area contributed by atoms with E-state index in [1.54, 1.807) is 0 Å². The number of allylic oxidation sites excluding steroid dienone is 2. The number of nitrogens with two attached hydrogens (primary N) is 2. The van der Waals surface area contributed by atoms with Crippen molar-refractivity contribution in [3.8, 4) is 0 Å². The first-order chi connectivity index (χ1) is 10.7. The van der Waals surface area contributed by atoms with Crippen molar-refractivity contribution >= 4 is 40.8 Å². The predicted octanol–water partition coefficient (Wildman–Crippen LogP) is 3.62. The molecule has 2 rings (SSSR count). The zero-order valence-corrected chi connectivity index (χ0v) is 14.3. The van der Waals surface area contributed by atoms with Gasteiger partial charge in [0, 0.05) is 0 Å². The summed E-state index contributed by atoms with van der Waals surface area (Å²) in [5.41, 5.74) is 13.5. The molecule has 0 amide bonds.